The number of hydrogen-bond acceptors (Lipinski definition) is 9. The number of allylic oxidation sites excluding steroid dienone is 8. The van der Waals surface area contributed by atoms with Gasteiger partial charge in [-0.25, -0.2) is 19.8 Å². The first-order chi connectivity index (χ1) is 21.9. The highest BCUT2D eigenvalue weighted by Crippen LogP contribution is 2.44. The number of carbonyl (C=O) groups is 2. The Morgan fingerprint density at radius 2 is 1.74 bits per heavy atom. The fourth-order valence-electron chi connectivity index (χ4n) is 6.57. The lowest BCUT2D eigenvalue weighted by molar-refractivity contribution is -0.140. The Balaban J connectivity index is 1.67. The highest BCUT2D eigenvalue weighted by Gasteiger charge is 2.37. The van der Waals surface area contributed by atoms with Crippen molar-refractivity contribution in [3.8, 4) is 0 Å². The van der Waals surface area contributed by atoms with E-state index in [-0.39, 0.29) is 24.6 Å². The van der Waals surface area contributed by atoms with Crippen LogP contribution < -0.4 is 10.7 Å². The molecule has 1 aliphatic carbocycles. The van der Waals surface area contributed by atoms with Crippen LogP contribution >= 0.6 is 0 Å². The van der Waals surface area contributed by atoms with Gasteiger partial charge in [0.2, 0.25) is 0 Å². The van der Waals surface area contributed by atoms with E-state index in [0.29, 0.717) is 57.1 Å². The van der Waals surface area contributed by atoms with Gasteiger partial charge in [-0.15, -0.1) is 0 Å². The van der Waals surface area contributed by atoms with Crippen molar-refractivity contribution in [3.05, 3.63) is 95.8 Å². The molecule has 0 spiro atoms. The van der Waals surface area contributed by atoms with Crippen molar-refractivity contribution in [2.24, 2.45) is 15.0 Å². The second kappa shape index (κ2) is 11.7. The molecule has 8 bridgehead atoms. The topological polar surface area (TPSA) is 146 Å². The van der Waals surface area contributed by atoms with Gasteiger partial charge >= 0.3 is 11.9 Å². The molecule has 46 heavy (non-hydrogen) atoms. The molecule has 10 heteroatoms. The Hall–Kier alpha value is -5.09. The zero-order valence-electron chi connectivity index (χ0n) is 27.0. The van der Waals surface area contributed by atoms with Gasteiger partial charge in [-0.1, -0.05) is 0 Å². The number of fused-ring (bicyclic) bond motifs is 5. The lowest BCUT2D eigenvalue weighted by Gasteiger charge is -2.09. The van der Waals surface area contributed by atoms with E-state index in [4.69, 9.17) is 24.5 Å². The molecule has 0 saturated carbocycles. The number of H-pyrrole nitrogens is 1. The highest BCUT2D eigenvalue weighted by atomic mass is 16.5. The minimum absolute atomic E-state index is 0.174. The predicted octanol–water partition coefficient (Wildman–Crippen LogP) is 4.04. The van der Waals surface area contributed by atoms with Crippen molar-refractivity contribution >= 4 is 47.3 Å². The molecule has 5 heterocycles. The molecule has 3 N–H and O–H groups in total. The van der Waals surface area contributed by atoms with E-state index < -0.39 is 12.1 Å². The van der Waals surface area contributed by atoms with Crippen LogP contribution in [0.1, 0.15) is 58.1 Å². The third-order valence-corrected chi connectivity index (χ3v) is 9.11. The van der Waals surface area contributed by atoms with E-state index in [0.717, 1.165) is 44.3 Å². The third-order valence-electron chi connectivity index (χ3n) is 9.11. The molecule has 1 unspecified atom stereocenters. The number of hydrogen-bond donors (Lipinski definition) is 3. The van der Waals surface area contributed by atoms with Gasteiger partial charge in [0.15, 0.2) is 0 Å². The Morgan fingerprint density at radius 3 is 2.43 bits per heavy atom. The second-order valence-electron chi connectivity index (χ2n) is 11.9. The number of aliphatic hydroxyl groups is 2. The number of aromatic nitrogens is 1. The van der Waals surface area contributed by atoms with Gasteiger partial charge in [-0.3, -0.25) is 4.79 Å². The van der Waals surface area contributed by atoms with Crippen molar-refractivity contribution in [2.45, 2.75) is 60.0 Å². The summed E-state index contributed by atoms with van der Waals surface area (Å²) in [4.78, 5) is 42.8. The quantitative estimate of drug-likeness (QED) is 0.323. The Labute approximate surface area is 266 Å². The summed E-state index contributed by atoms with van der Waals surface area (Å²) < 4.78 is 9.77. The van der Waals surface area contributed by atoms with Crippen molar-refractivity contribution in [2.75, 3.05) is 14.2 Å². The molecular weight excluding hydrogens is 584 g/mol. The molecule has 5 aliphatic rings. The molecule has 0 radical (unpaired) electrons. The first-order valence-corrected chi connectivity index (χ1v) is 15.1. The van der Waals surface area contributed by atoms with Gasteiger partial charge in [0.25, 0.3) is 0 Å². The number of aliphatic imine (C=N–C) groups is 3. The SMILES string of the molecule is COC(=O)/C=C/c1c(C)c2[nH]c1=CC1=C(C)C3=C(O)CC(=C4N=C(C=C5N=C(C=2)C(C(C)O)=C5C)C(C)=C4CCC(=O)OC)C3=N1. The molecule has 0 fully saturated rings. The van der Waals surface area contributed by atoms with E-state index in [2.05, 4.69) is 4.98 Å². The van der Waals surface area contributed by atoms with Crippen molar-refractivity contribution in [1.29, 1.82) is 0 Å². The maximum Gasteiger partial charge on any atom is 0.330 e. The normalized spacial score (nSPS) is 19.5. The standard InChI is InChI=1S/C36H36N4O6/c1-16-21(8-10-31(43)45-6)28-14-27-19(4)34-30(42)12-23(36(34)40-27)35-22(9-11-32(44)46-7)17(2)25(39-35)13-26-18(3)33(20(5)41)29(38-26)15-24(16)37-28/h8,10,13-15,20,37,41-42H,9,11-12H2,1-7H3/b10-8+,24-15?,26-13?,28-14?,35-23?. The average molecular weight is 621 g/mol. The van der Waals surface area contributed by atoms with Gasteiger partial charge in [0.1, 0.15) is 5.76 Å². The monoisotopic (exact) mass is 620 g/mol. The number of rotatable bonds is 6. The summed E-state index contributed by atoms with van der Waals surface area (Å²) in [6.07, 6.45) is 8.82. The van der Waals surface area contributed by atoms with Gasteiger partial charge in [0.05, 0.1) is 54.5 Å². The summed E-state index contributed by atoms with van der Waals surface area (Å²) in [7, 11) is 2.70. The Kier molecular flexibility index (Phi) is 7.85. The lowest BCUT2D eigenvalue weighted by atomic mass is 9.95. The Morgan fingerprint density at radius 1 is 0.978 bits per heavy atom. The number of aromatic amines is 1. The number of methoxy groups -OCH3 is 2. The molecule has 1 aromatic heterocycles. The molecule has 0 aromatic carbocycles. The Bertz CT molecular complexity index is 2080. The molecule has 10 nitrogen and oxygen atoms in total. The van der Waals surface area contributed by atoms with Crippen LogP contribution in [0, 0.1) is 6.92 Å². The van der Waals surface area contributed by atoms with E-state index in [1.165, 1.54) is 20.3 Å². The summed E-state index contributed by atoms with van der Waals surface area (Å²) in [5, 5.41) is 23.5. The smallest absolute Gasteiger partial charge is 0.330 e. The predicted molar refractivity (Wildman–Crippen MR) is 177 cm³/mol. The van der Waals surface area contributed by atoms with Gasteiger partial charge in [-0.05, 0) is 93.2 Å². The minimum Gasteiger partial charge on any atom is -0.511 e. The first-order valence-electron chi connectivity index (χ1n) is 15.1. The van der Waals surface area contributed by atoms with Gasteiger partial charge in [0, 0.05) is 51.9 Å². The minimum atomic E-state index is -0.789. The molecule has 1 aromatic rings. The zero-order valence-corrected chi connectivity index (χ0v) is 27.0. The molecule has 0 amide bonds. The van der Waals surface area contributed by atoms with Crippen LogP contribution in [0.15, 0.2) is 89.0 Å². The summed E-state index contributed by atoms with van der Waals surface area (Å²) >= 11 is 0. The molecule has 236 valence electrons. The summed E-state index contributed by atoms with van der Waals surface area (Å²) in [5.41, 5.74) is 11.2. The van der Waals surface area contributed by atoms with Crippen molar-refractivity contribution in [3.63, 3.8) is 0 Å². The molecule has 6 rings (SSSR count). The number of aliphatic hydroxyl groups excluding tert-OH is 2. The number of esters is 2. The summed E-state index contributed by atoms with van der Waals surface area (Å²) in [6.45, 7) is 9.48. The van der Waals surface area contributed by atoms with Crippen molar-refractivity contribution < 1.29 is 29.3 Å². The van der Waals surface area contributed by atoms with E-state index in [1.54, 1.807) is 13.0 Å². The number of ether oxygens (including phenoxy) is 2. The van der Waals surface area contributed by atoms with E-state index in [1.807, 2.05) is 45.9 Å². The second-order valence-corrected chi connectivity index (χ2v) is 11.9. The maximum atomic E-state index is 12.2. The average Bonchev–Trinajstić information content (AvgIpc) is 3.77. The first kappa shape index (κ1) is 30.9. The molecule has 0 saturated heterocycles. The summed E-state index contributed by atoms with van der Waals surface area (Å²) in [5.74, 6) is -0.600. The third kappa shape index (κ3) is 5.08. The highest BCUT2D eigenvalue weighted by molar-refractivity contribution is 6.25. The number of nitrogens with zero attached hydrogens (tertiary/aromatic N) is 3. The zero-order chi connectivity index (χ0) is 33.0. The number of nitrogens with one attached hydrogen (secondary N) is 1. The molecule has 4 aliphatic heterocycles. The van der Waals surface area contributed by atoms with E-state index >= 15 is 0 Å². The van der Waals surface area contributed by atoms with Gasteiger partial charge in [-0.2, -0.15) is 0 Å². The molecular formula is C36H36N4O6. The van der Waals surface area contributed by atoms with Crippen molar-refractivity contribution in [1.82, 2.24) is 4.98 Å². The lowest BCUT2D eigenvalue weighted by Crippen LogP contribution is -2.17. The van der Waals surface area contributed by atoms with Crippen LogP contribution in [-0.2, 0) is 19.1 Å². The number of carbonyl (C=O) groups excluding carboxylic acids is 2. The largest absolute Gasteiger partial charge is 0.511 e. The fraction of sp³-hybridized carbons (Fsp3) is 0.306. The van der Waals surface area contributed by atoms with Crippen LogP contribution in [0.2, 0.25) is 0 Å². The van der Waals surface area contributed by atoms with Crippen LogP contribution in [0.3, 0.4) is 0 Å². The van der Waals surface area contributed by atoms with Crippen LogP contribution in [0.4, 0.5) is 0 Å². The molecule has 1 atom stereocenters. The van der Waals surface area contributed by atoms with E-state index in [9.17, 15) is 19.8 Å². The fourth-order valence-corrected chi connectivity index (χ4v) is 6.57. The maximum absolute atomic E-state index is 12.2. The van der Waals surface area contributed by atoms with Gasteiger partial charge < -0.3 is 24.7 Å². The van der Waals surface area contributed by atoms with Crippen LogP contribution in [-0.4, -0.2) is 64.6 Å². The summed E-state index contributed by atoms with van der Waals surface area (Å²) in [6, 6.07) is 0. The van der Waals surface area contributed by atoms with Crippen LogP contribution in [0.5, 0.6) is 0 Å². The van der Waals surface area contributed by atoms with Crippen LogP contribution in [0.25, 0.3) is 18.2 Å².